The zero-order valence-electron chi connectivity index (χ0n) is 13.0. The minimum Gasteiger partial charge on any atom is -0.405 e. The molecule has 2 fully saturated rings. The fourth-order valence-corrected chi connectivity index (χ4v) is 3.51. The van der Waals surface area contributed by atoms with Crippen molar-refractivity contribution in [1.29, 1.82) is 0 Å². The molecule has 2 rings (SSSR count). The summed E-state index contributed by atoms with van der Waals surface area (Å²) in [7, 11) is 0.0310. The van der Waals surface area contributed by atoms with E-state index in [9.17, 15) is 0 Å². The second-order valence-corrected chi connectivity index (χ2v) is 7.76. The molecule has 1 saturated carbocycles. The Morgan fingerprint density at radius 2 is 1.94 bits per heavy atom. The number of hydrogen-bond acceptors (Lipinski definition) is 2. The van der Waals surface area contributed by atoms with Gasteiger partial charge in [-0.25, -0.2) is 0 Å². The molecule has 104 valence electrons. The first-order valence-corrected chi connectivity index (χ1v) is 7.56. The average molecular weight is 252 g/mol. The van der Waals surface area contributed by atoms with Gasteiger partial charge in [-0.05, 0) is 43.3 Å². The smallest absolute Gasteiger partial charge is 0.405 e. The highest BCUT2D eigenvalue weighted by Gasteiger charge is 2.54. The molecule has 0 aromatic carbocycles. The number of hydrogen-bond donors (Lipinski definition) is 0. The van der Waals surface area contributed by atoms with E-state index in [2.05, 4.69) is 41.5 Å². The predicted molar refractivity (Wildman–Crippen MR) is 76.6 cm³/mol. The normalized spacial score (nSPS) is 39.2. The molecular weight excluding hydrogens is 223 g/mol. The molecule has 0 aromatic rings. The molecule has 0 N–H and O–H groups in total. The van der Waals surface area contributed by atoms with Gasteiger partial charge in [0.05, 0.1) is 11.7 Å². The van der Waals surface area contributed by atoms with E-state index in [-0.39, 0.29) is 12.7 Å². The van der Waals surface area contributed by atoms with Crippen molar-refractivity contribution < 1.29 is 9.31 Å². The molecule has 1 aliphatic carbocycles. The molecule has 18 heavy (non-hydrogen) atoms. The Bertz CT molecular complexity index is 303. The third kappa shape index (κ3) is 2.77. The second-order valence-electron chi connectivity index (χ2n) is 7.76. The van der Waals surface area contributed by atoms with E-state index in [0.29, 0.717) is 17.4 Å². The van der Waals surface area contributed by atoms with Gasteiger partial charge in [0.15, 0.2) is 0 Å². The monoisotopic (exact) mass is 252 g/mol. The molecule has 0 amide bonds. The largest absolute Gasteiger partial charge is 0.457 e. The van der Waals surface area contributed by atoms with Crippen LogP contribution in [0.2, 0.25) is 6.32 Å². The van der Waals surface area contributed by atoms with Crippen LogP contribution in [-0.2, 0) is 9.31 Å². The summed E-state index contributed by atoms with van der Waals surface area (Å²) in [5.41, 5.74) is 0.305. The molecule has 0 bridgehead atoms. The molecule has 0 radical (unpaired) electrons. The minimum atomic E-state index is -0.0579. The molecular formula is C15H29BO2. The molecule has 2 nitrogen and oxygen atoms in total. The van der Waals surface area contributed by atoms with Crippen molar-refractivity contribution in [3.8, 4) is 0 Å². The lowest BCUT2D eigenvalue weighted by molar-refractivity contribution is -0.0575. The van der Waals surface area contributed by atoms with Crippen molar-refractivity contribution in [3.63, 3.8) is 0 Å². The van der Waals surface area contributed by atoms with Gasteiger partial charge in [-0.15, -0.1) is 0 Å². The SMILES string of the molecule is CC(C)CCB1O[C@@H]2C[C@H](C)C(C)(C)C[C@]2(C)O1. The Labute approximate surface area is 113 Å². The quantitative estimate of drug-likeness (QED) is 0.702. The summed E-state index contributed by atoms with van der Waals surface area (Å²) in [5, 5.41) is 0. The van der Waals surface area contributed by atoms with Gasteiger partial charge in [0, 0.05) is 0 Å². The summed E-state index contributed by atoms with van der Waals surface area (Å²) in [6.45, 7) is 13.8. The highest BCUT2D eigenvalue weighted by Crippen LogP contribution is 2.50. The van der Waals surface area contributed by atoms with Crippen LogP contribution in [0.25, 0.3) is 0 Å². The van der Waals surface area contributed by atoms with Crippen molar-refractivity contribution in [2.24, 2.45) is 17.3 Å². The molecule has 0 unspecified atom stereocenters. The van der Waals surface area contributed by atoms with E-state index in [4.69, 9.17) is 9.31 Å². The van der Waals surface area contributed by atoms with E-state index in [1.165, 1.54) is 6.42 Å². The van der Waals surface area contributed by atoms with Crippen molar-refractivity contribution in [3.05, 3.63) is 0 Å². The standard InChI is InChI=1S/C15H29BO2/c1-11(2)7-8-16-17-13-9-12(3)14(4,5)10-15(13,6)18-16/h11-13H,7-10H2,1-6H3/t12-,13+,15-/m0/s1. The predicted octanol–water partition coefficient (Wildman–Crippen LogP) is 4.15. The molecule has 3 atom stereocenters. The van der Waals surface area contributed by atoms with Crippen molar-refractivity contribution in [2.75, 3.05) is 0 Å². The third-order valence-corrected chi connectivity index (χ3v) is 5.09. The topological polar surface area (TPSA) is 18.5 Å². The first-order chi connectivity index (χ1) is 8.23. The third-order valence-electron chi connectivity index (χ3n) is 5.09. The molecule has 0 aromatic heterocycles. The van der Waals surface area contributed by atoms with E-state index >= 15 is 0 Å². The summed E-state index contributed by atoms with van der Waals surface area (Å²) in [6, 6.07) is 0. The zero-order valence-corrected chi connectivity index (χ0v) is 13.0. The summed E-state index contributed by atoms with van der Waals surface area (Å²) >= 11 is 0. The van der Waals surface area contributed by atoms with E-state index in [1.807, 2.05) is 0 Å². The van der Waals surface area contributed by atoms with Crippen LogP contribution in [0.3, 0.4) is 0 Å². The van der Waals surface area contributed by atoms with Gasteiger partial charge in [-0.2, -0.15) is 0 Å². The summed E-state index contributed by atoms with van der Waals surface area (Å²) in [6.07, 6.45) is 4.79. The molecule has 3 heteroatoms. The molecule has 1 heterocycles. The van der Waals surface area contributed by atoms with E-state index in [0.717, 1.165) is 25.1 Å². The molecule has 1 saturated heterocycles. The first kappa shape index (κ1) is 14.4. The summed E-state index contributed by atoms with van der Waals surface area (Å²) in [5.74, 6) is 1.44. The van der Waals surface area contributed by atoms with Gasteiger partial charge in [0.2, 0.25) is 0 Å². The highest BCUT2D eigenvalue weighted by molar-refractivity contribution is 6.45. The fraction of sp³-hybridized carbons (Fsp3) is 1.00. The van der Waals surface area contributed by atoms with Crippen LogP contribution in [0.5, 0.6) is 0 Å². The van der Waals surface area contributed by atoms with Crippen LogP contribution in [-0.4, -0.2) is 18.8 Å². The van der Waals surface area contributed by atoms with Gasteiger partial charge in [-0.1, -0.05) is 41.0 Å². The van der Waals surface area contributed by atoms with Crippen LogP contribution in [0.4, 0.5) is 0 Å². The zero-order chi connectivity index (χ0) is 13.6. The molecule has 2 aliphatic rings. The Balaban J connectivity index is 1.99. The maximum absolute atomic E-state index is 6.26. The van der Waals surface area contributed by atoms with Crippen LogP contribution in [0.1, 0.15) is 60.8 Å². The Morgan fingerprint density at radius 3 is 2.56 bits per heavy atom. The van der Waals surface area contributed by atoms with Crippen LogP contribution in [0.15, 0.2) is 0 Å². The second kappa shape index (κ2) is 4.83. The van der Waals surface area contributed by atoms with Gasteiger partial charge < -0.3 is 9.31 Å². The average Bonchev–Trinajstić information content (AvgIpc) is 2.51. The first-order valence-electron chi connectivity index (χ1n) is 7.56. The van der Waals surface area contributed by atoms with Gasteiger partial charge in [0.25, 0.3) is 0 Å². The van der Waals surface area contributed by atoms with E-state index < -0.39 is 0 Å². The lowest BCUT2D eigenvalue weighted by Crippen LogP contribution is -2.49. The number of rotatable bonds is 3. The van der Waals surface area contributed by atoms with Crippen molar-refractivity contribution >= 4 is 7.12 Å². The van der Waals surface area contributed by atoms with Crippen LogP contribution in [0, 0.1) is 17.3 Å². The number of fused-ring (bicyclic) bond motifs is 1. The Morgan fingerprint density at radius 1 is 1.28 bits per heavy atom. The van der Waals surface area contributed by atoms with Crippen LogP contribution >= 0.6 is 0 Å². The highest BCUT2D eigenvalue weighted by atomic mass is 16.7. The van der Waals surface area contributed by atoms with Crippen molar-refractivity contribution in [1.82, 2.24) is 0 Å². The van der Waals surface area contributed by atoms with Gasteiger partial charge >= 0.3 is 7.12 Å². The molecule has 0 spiro atoms. The lowest BCUT2D eigenvalue weighted by atomic mass is 9.63. The van der Waals surface area contributed by atoms with Crippen molar-refractivity contribution in [2.45, 2.75) is 78.8 Å². The Hall–Kier alpha value is -0.0151. The maximum atomic E-state index is 6.26. The van der Waals surface area contributed by atoms with Gasteiger partial charge in [0.1, 0.15) is 0 Å². The van der Waals surface area contributed by atoms with Gasteiger partial charge in [-0.3, -0.25) is 0 Å². The lowest BCUT2D eigenvalue weighted by Gasteiger charge is -2.47. The summed E-state index contributed by atoms with van der Waals surface area (Å²) < 4.78 is 12.4. The van der Waals surface area contributed by atoms with E-state index in [1.54, 1.807) is 0 Å². The maximum Gasteiger partial charge on any atom is 0.457 e. The van der Waals surface area contributed by atoms with Crippen LogP contribution < -0.4 is 0 Å². The summed E-state index contributed by atoms with van der Waals surface area (Å²) in [4.78, 5) is 0. The Kier molecular flexibility index (Phi) is 3.86. The fourth-order valence-electron chi connectivity index (χ4n) is 3.51. The minimum absolute atomic E-state index is 0.0310. The molecule has 1 aliphatic heterocycles.